The minimum atomic E-state index is -4.42. The lowest BCUT2D eigenvalue weighted by Gasteiger charge is -2.29. The van der Waals surface area contributed by atoms with Crippen LogP contribution < -0.4 is 11.3 Å². The van der Waals surface area contributed by atoms with Gasteiger partial charge in [-0.3, -0.25) is 15.1 Å². The summed E-state index contributed by atoms with van der Waals surface area (Å²) in [5.41, 5.74) is 1.81. The van der Waals surface area contributed by atoms with Crippen molar-refractivity contribution in [2.45, 2.75) is 25.6 Å². The largest absolute Gasteiger partial charge is 0.401 e. The predicted octanol–water partition coefficient (Wildman–Crippen LogP) is -0.388. The van der Waals surface area contributed by atoms with Gasteiger partial charge in [-0.1, -0.05) is 6.92 Å². The molecule has 0 aromatic rings. The number of aliphatic hydroxyl groups is 1. The molecule has 0 aliphatic carbocycles. The first-order valence-corrected chi connectivity index (χ1v) is 4.77. The average molecular weight is 243 g/mol. The number of carbonyl (C=O) groups excluding carboxylic acids is 1. The molecular weight excluding hydrogens is 227 g/mol. The van der Waals surface area contributed by atoms with Crippen molar-refractivity contribution in [3.8, 4) is 0 Å². The number of halogens is 3. The van der Waals surface area contributed by atoms with Gasteiger partial charge in [0.1, 0.15) is 0 Å². The van der Waals surface area contributed by atoms with Gasteiger partial charge in [-0.25, -0.2) is 5.84 Å². The molecular formula is C8H16F3N3O2. The summed E-state index contributed by atoms with van der Waals surface area (Å²) in [6, 6.07) is -0.987. The molecule has 8 heteroatoms. The molecule has 0 aromatic heterocycles. The number of rotatable bonds is 6. The summed E-state index contributed by atoms with van der Waals surface area (Å²) in [6.45, 7) is -0.365. The monoisotopic (exact) mass is 243 g/mol. The van der Waals surface area contributed by atoms with E-state index < -0.39 is 31.3 Å². The molecule has 0 saturated heterocycles. The number of alkyl halides is 3. The first-order chi connectivity index (χ1) is 7.35. The van der Waals surface area contributed by atoms with Crippen molar-refractivity contribution in [1.29, 1.82) is 0 Å². The lowest BCUT2D eigenvalue weighted by Crippen LogP contribution is -2.52. The predicted molar refractivity (Wildman–Crippen MR) is 51.1 cm³/mol. The van der Waals surface area contributed by atoms with Crippen LogP contribution in [-0.2, 0) is 4.79 Å². The van der Waals surface area contributed by atoms with Gasteiger partial charge in [-0.15, -0.1) is 0 Å². The van der Waals surface area contributed by atoms with Gasteiger partial charge in [0.05, 0.1) is 19.2 Å². The van der Waals surface area contributed by atoms with Crippen LogP contribution in [-0.4, -0.2) is 47.8 Å². The molecule has 0 aliphatic heterocycles. The molecule has 1 amide bonds. The van der Waals surface area contributed by atoms with E-state index in [4.69, 9.17) is 10.9 Å². The number of hydrogen-bond acceptors (Lipinski definition) is 4. The number of amides is 1. The second-order valence-electron chi connectivity index (χ2n) is 3.24. The van der Waals surface area contributed by atoms with Crippen molar-refractivity contribution in [3.05, 3.63) is 0 Å². The van der Waals surface area contributed by atoms with Crippen LogP contribution in [0.4, 0.5) is 13.2 Å². The average Bonchev–Trinajstić information content (AvgIpc) is 2.16. The van der Waals surface area contributed by atoms with E-state index in [9.17, 15) is 18.0 Å². The molecule has 0 rings (SSSR count). The minimum Gasteiger partial charge on any atom is -0.395 e. The normalized spacial score (nSPS) is 13.9. The number of nitrogens with two attached hydrogens (primary N) is 1. The smallest absolute Gasteiger partial charge is 0.395 e. The third kappa shape index (κ3) is 5.29. The number of nitrogens with zero attached hydrogens (tertiary/aromatic N) is 1. The Kier molecular flexibility index (Phi) is 6.31. The molecule has 4 N–H and O–H groups in total. The van der Waals surface area contributed by atoms with Gasteiger partial charge < -0.3 is 5.11 Å². The maximum absolute atomic E-state index is 12.2. The highest BCUT2D eigenvalue weighted by Crippen LogP contribution is 2.18. The summed E-state index contributed by atoms with van der Waals surface area (Å²) >= 11 is 0. The number of aliphatic hydroxyl groups excluding tert-OH is 1. The van der Waals surface area contributed by atoms with E-state index in [2.05, 4.69) is 0 Å². The van der Waals surface area contributed by atoms with Crippen molar-refractivity contribution in [3.63, 3.8) is 0 Å². The van der Waals surface area contributed by atoms with Crippen molar-refractivity contribution < 1.29 is 23.1 Å². The molecule has 0 saturated carbocycles. The topological polar surface area (TPSA) is 78.6 Å². The van der Waals surface area contributed by atoms with E-state index in [0.29, 0.717) is 0 Å². The van der Waals surface area contributed by atoms with Gasteiger partial charge in [0, 0.05) is 6.54 Å². The number of carbonyl (C=O) groups is 1. The lowest BCUT2D eigenvalue weighted by molar-refractivity contribution is -0.156. The highest BCUT2D eigenvalue weighted by molar-refractivity contribution is 5.81. The highest BCUT2D eigenvalue weighted by atomic mass is 19.4. The Morgan fingerprint density at radius 1 is 1.56 bits per heavy atom. The molecule has 96 valence electrons. The van der Waals surface area contributed by atoms with Crippen LogP contribution in [0.5, 0.6) is 0 Å². The maximum atomic E-state index is 12.2. The summed E-state index contributed by atoms with van der Waals surface area (Å²) < 4.78 is 36.6. The van der Waals surface area contributed by atoms with Gasteiger partial charge in [0.25, 0.3) is 5.91 Å². The van der Waals surface area contributed by atoms with Crippen molar-refractivity contribution >= 4 is 5.91 Å². The Balaban J connectivity index is 4.65. The molecule has 0 aromatic carbocycles. The Hall–Kier alpha value is -0.860. The second-order valence-corrected chi connectivity index (χ2v) is 3.24. The Labute approximate surface area is 91.4 Å². The van der Waals surface area contributed by atoms with E-state index in [-0.39, 0.29) is 13.0 Å². The molecule has 0 aliphatic rings. The number of nitrogens with one attached hydrogen (secondary N) is 1. The summed E-state index contributed by atoms with van der Waals surface area (Å²) in [5.74, 6) is 4.18. The van der Waals surface area contributed by atoms with E-state index in [1.54, 1.807) is 6.92 Å². The highest BCUT2D eigenvalue weighted by Gasteiger charge is 2.35. The quantitative estimate of drug-likeness (QED) is 0.337. The van der Waals surface area contributed by atoms with Crippen molar-refractivity contribution in [2.75, 3.05) is 19.7 Å². The minimum absolute atomic E-state index is 0.180. The first kappa shape index (κ1) is 15.1. The van der Waals surface area contributed by atoms with Crippen LogP contribution in [0.2, 0.25) is 0 Å². The number of hydrogen-bond donors (Lipinski definition) is 3. The van der Waals surface area contributed by atoms with E-state index in [1.165, 1.54) is 0 Å². The fourth-order valence-corrected chi connectivity index (χ4v) is 1.41. The Morgan fingerprint density at radius 2 is 2.12 bits per heavy atom. The number of hydrazine groups is 1. The first-order valence-electron chi connectivity index (χ1n) is 4.77. The Bertz CT molecular complexity index is 223. The molecule has 1 unspecified atom stereocenters. The fraction of sp³-hybridized carbons (Fsp3) is 0.875. The molecule has 0 spiro atoms. The van der Waals surface area contributed by atoms with Crippen LogP contribution in [0.15, 0.2) is 0 Å². The zero-order valence-electron chi connectivity index (χ0n) is 8.92. The van der Waals surface area contributed by atoms with Crippen molar-refractivity contribution in [2.24, 2.45) is 5.84 Å². The van der Waals surface area contributed by atoms with Gasteiger partial charge in [-0.2, -0.15) is 13.2 Å². The van der Waals surface area contributed by atoms with Gasteiger partial charge in [-0.05, 0) is 6.42 Å². The van der Waals surface area contributed by atoms with Crippen LogP contribution in [0.1, 0.15) is 13.3 Å². The van der Waals surface area contributed by atoms with E-state index >= 15 is 0 Å². The van der Waals surface area contributed by atoms with Crippen LogP contribution in [0.3, 0.4) is 0 Å². The molecule has 1 atom stereocenters. The molecule has 5 nitrogen and oxygen atoms in total. The van der Waals surface area contributed by atoms with E-state index in [1.807, 2.05) is 5.43 Å². The van der Waals surface area contributed by atoms with Crippen LogP contribution in [0.25, 0.3) is 0 Å². The Morgan fingerprint density at radius 3 is 2.44 bits per heavy atom. The summed E-state index contributed by atoms with van der Waals surface area (Å²) in [5, 5.41) is 8.66. The van der Waals surface area contributed by atoms with Gasteiger partial charge >= 0.3 is 6.18 Å². The van der Waals surface area contributed by atoms with Gasteiger partial charge in [0.2, 0.25) is 0 Å². The zero-order chi connectivity index (χ0) is 12.8. The van der Waals surface area contributed by atoms with Crippen LogP contribution in [0, 0.1) is 0 Å². The third-order valence-corrected chi connectivity index (χ3v) is 2.04. The van der Waals surface area contributed by atoms with Gasteiger partial charge in [0.15, 0.2) is 0 Å². The standard InChI is InChI=1S/C8H16F3N3O2/c1-2-6(7(16)13-12)14(3-4-15)5-8(9,10)11/h6,15H,2-5,12H2,1H3,(H,13,16). The summed E-state index contributed by atoms with van der Waals surface area (Å²) in [7, 11) is 0. The molecule has 0 bridgehead atoms. The molecule has 0 heterocycles. The summed E-state index contributed by atoms with van der Waals surface area (Å²) in [6.07, 6.45) is -4.24. The second kappa shape index (κ2) is 6.66. The SMILES string of the molecule is CCC(C(=O)NN)N(CCO)CC(F)(F)F. The molecule has 16 heavy (non-hydrogen) atoms. The maximum Gasteiger partial charge on any atom is 0.401 e. The lowest BCUT2D eigenvalue weighted by atomic mass is 10.1. The van der Waals surface area contributed by atoms with E-state index in [0.717, 1.165) is 4.90 Å². The molecule has 0 fully saturated rings. The summed E-state index contributed by atoms with van der Waals surface area (Å²) in [4.78, 5) is 12.1. The fourth-order valence-electron chi connectivity index (χ4n) is 1.41. The van der Waals surface area contributed by atoms with Crippen LogP contribution >= 0.6 is 0 Å². The third-order valence-electron chi connectivity index (χ3n) is 2.04. The zero-order valence-corrected chi connectivity index (χ0v) is 8.92. The molecule has 0 radical (unpaired) electrons. The van der Waals surface area contributed by atoms with Crippen molar-refractivity contribution in [1.82, 2.24) is 10.3 Å².